The molecule has 0 aromatic heterocycles. The van der Waals surface area contributed by atoms with Crippen LogP contribution in [0.4, 0.5) is 0 Å². The van der Waals surface area contributed by atoms with E-state index in [1.807, 2.05) is 6.08 Å². The molecule has 0 radical (unpaired) electrons. The van der Waals surface area contributed by atoms with Crippen molar-refractivity contribution in [1.29, 1.82) is 0 Å². The van der Waals surface area contributed by atoms with E-state index in [1.165, 1.54) is 0 Å². The molecule has 2 aliphatic rings. The van der Waals surface area contributed by atoms with Gasteiger partial charge in [0.1, 0.15) is 0 Å². The van der Waals surface area contributed by atoms with Gasteiger partial charge >= 0.3 is 0 Å². The first kappa shape index (κ1) is 15.1. The molecular formula is C15H21BrO3. The van der Waals surface area contributed by atoms with E-state index in [4.69, 9.17) is 15.9 Å². The van der Waals surface area contributed by atoms with Crippen molar-refractivity contribution in [3.63, 3.8) is 0 Å². The van der Waals surface area contributed by atoms with E-state index >= 15 is 0 Å². The summed E-state index contributed by atoms with van der Waals surface area (Å²) in [6, 6.07) is 0. The van der Waals surface area contributed by atoms with Gasteiger partial charge in [-0.3, -0.25) is 0 Å². The first-order valence-electron chi connectivity index (χ1n) is 6.89. The lowest BCUT2D eigenvalue weighted by Crippen LogP contribution is -2.38. The molecule has 2 fully saturated rings. The van der Waals surface area contributed by atoms with Gasteiger partial charge in [0.25, 0.3) is 0 Å². The van der Waals surface area contributed by atoms with Gasteiger partial charge in [0.05, 0.1) is 30.5 Å². The third kappa shape index (κ3) is 3.61. The summed E-state index contributed by atoms with van der Waals surface area (Å²) >= 11 is 3.63. The zero-order valence-electron chi connectivity index (χ0n) is 11.2. The number of ether oxygens (including phenoxy) is 2. The molecular weight excluding hydrogens is 308 g/mol. The third-order valence-electron chi connectivity index (χ3n) is 3.86. The van der Waals surface area contributed by atoms with Crippen LogP contribution >= 0.6 is 15.9 Å². The lowest BCUT2D eigenvalue weighted by molar-refractivity contribution is -0.0532. The van der Waals surface area contributed by atoms with Crippen LogP contribution in [-0.2, 0) is 9.47 Å². The van der Waals surface area contributed by atoms with Crippen LogP contribution in [-0.4, -0.2) is 40.5 Å². The molecule has 0 unspecified atom stereocenters. The number of aliphatic hydroxyl groups excluding tert-OH is 1. The number of hydrogen-bond donors (Lipinski definition) is 1. The molecule has 0 saturated carbocycles. The van der Waals surface area contributed by atoms with E-state index in [0.29, 0.717) is 6.42 Å². The van der Waals surface area contributed by atoms with Crippen LogP contribution < -0.4 is 0 Å². The number of alkyl halides is 1. The highest BCUT2D eigenvalue weighted by Crippen LogP contribution is 2.35. The first-order chi connectivity index (χ1) is 9.15. The molecule has 0 aromatic carbocycles. The van der Waals surface area contributed by atoms with Gasteiger partial charge in [-0.15, -0.1) is 6.42 Å². The minimum atomic E-state index is -0.425. The molecule has 2 heterocycles. The molecule has 0 spiro atoms. The van der Waals surface area contributed by atoms with Crippen LogP contribution in [0.2, 0.25) is 0 Å². The minimum absolute atomic E-state index is 0.00361. The van der Waals surface area contributed by atoms with Crippen LogP contribution in [0.15, 0.2) is 12.2 Å². The van der Waals surface area contributed by atoms with Crippen molar-refractivity contribution >= 4 is 15.9 Å². The molecule has 6 atom stereocenters. The van der Waals surface area contributed by atoms with Gasteiger partial charge < -0.3 is 14.6 Å². The molecule has 2 aliphatic heterocycles. The number of rotatable bonds is 3. The highest BCUT2D eigenvalue weighted by molar-refractivity contribution is 9.09. The molecule has 3 nitrogen and oxygen atoms in total. The van der Waals surface area contributed by atoms with E-state index in [2.05, 4.69) is 28.8 Å². The molecule has 2 bridgehead atoms. The largest absolute Gasteiger partial charge is 0.390 e. The van der Waals surface area contributed by atoms with Gasteiger partial charge in [-0.25, -0.2) is 0 Å². The Bertz CT molecular complexity index is 363. The second-order valence-electron chi connectivity index (χ2n) is 5.19. The summed E-state index contributed by atoms with van der Waals surface area (Å²) in [4.78, 5) is 0.182. The molecule has 4 heteroatoms. The maximum Gasteiger partial charge on any atom is 0.0877 e. The Morgan fingerprint density at radius 1 is 1.32 bits per heavy atom. The molecule has 19 heavy (non-hydrogen) atoms. The van der Waals surface area contributed by atoms with Crippen LogP contribution in [0.3, 0.4) is 0 Å². The summed E-state index contributed by atoms with van der Waals surface area (Å²) in [5.41, 5.74) is 0. The number of terminal acetylenes is 1. The summed E-state index contributed by atoms with van der Waals surface area (Å²) in [5, 5.41) is 10.2. The second-order valence-corrected chi connectivity index (χ2v) is 6.37. The van der Waals surface area contributed by atoms with Crippen LogP contribution in [0.1, 0.15) is 32.6 Å². The summed E-state index contributed by atoms with van der Waals surface area (Å²) in [5.74, 6) is 2.48. The zero-order valence-corrected chi connectivity index (χ0v) is 12.8. The quantitative estimate of drug-likeness (QED) is 0.638. The Balaban J connectivity index is 2.07. The van der Waals surface area contributed by atoms with Crippen molar-refractivity contribution in [3.8, 4) is 12.3 Å². The average Bonchev–Trinajstić information content (AvgIpc) is 2.79. The Kier molecular flexibility index (Phi) is 5.47. The normalized spacial score (nSPS) is 42.8. The molecule has 1 N–H and O–H groups in total. The topological polar surface area (TPSA) is 38.7 Å². The summed E-state index contributed by atoms with van der Waals surface area (Å²) in [6.45, 7) is 2.10. The van der Waals surface area contributed by atoms with Gasteiger partial charge in [-0.2, -0.15) is 0 Å². The van der Waals surface area contributed by atoms with E-state index in [1.54, 1.807) is 6.08 Å². The van der Waals surface area contributed by atoms with E-state index in [0.717, 1.165) is 19.3 Å². The fourth-order valence-electron chi connectivity index (χ4n) is 2.81. The van der Waals surface area contributed by atoms with Crippen LogP contribution in [0.5, 0.6) is 0 Å². The number of halogens is 1. The van der Waals surface area contributed by atoms with E-state index < -0.39 is 6.10 Å². The summed E-state index contributed by atoms with van der Waals surface area (Å²) in [6.07, 6.45) is 11.6. The monoisotopic (exact) mass is 328 g/mol. The Morgan fingerprint density at radius 2 is 2.05 bits per heavy atom. The predicted molar refractivity (Wildman–Crippen MR) is 78.2 cm³/mol. The second kappa shape index (κ2) is 6.90. The molecule has 0 aliphatic carbocycles. The Hall–Kier alpha value is -0.340. The summed E-state index contributed by atoms with van der Waals surface area (Å²) in [7, 11) is 0. The van der Waals surface area contributed by atoms with Gasteiger partial charge in [-0.1, -0.05) is 34.9 Å². The van der Waals surface area contributed by atoms with Crippen LogP contribution in [0, 0.1) is 12.3 Å². The molecule has 2 rings (SSSR count). The fraction of sp³-hybridized carbons (Fsp3) is 0.733. The molecule has 0 aromatic rings. The lowest BCUT2D eigenvalue weighted by Gasteiger charge is -2.30. The van der Waals surface area contributed by atoms with Crippen molar-refractivity contribution in [3.05, 3.63) is 12.2 Å². The van der Waals surface area contributed by atoms with Gasteiger partial charge in [0.15, 0.2) is 0 Å². The van der Waals surface area contributed by atoms with Crippen molar-refractivity contribution < 1.29 is 14.6 Å². The highest BCUT2D eigenvalue weighted by Gasteiger charge is 2.43. The van der Waals surface area contributed by atoms with Crippen molar-refractivity contribution in [2.24, 2.45) is 0 Å². The smallest absolute Gasteiger partial charge is 0.0877 e. The van der Waals surface area contributed by atoms with Crippen molar-refractivity contribution in [2.45, 2.75) is 68.0 Å². The summed E-state index contributed by atoms with van der Waals surface area (Å²) < 4.78 is 12.1. The number of aliphatic hydroxyl groups is 1. The molecule has 2 saturated heterocycles. The standard InChI is InChI=1S/C15H21BrO3/c1-3-5-6-7-13-15-9-14(19-13)11(17)8-10(16)12(4-2)18-15/h1,5-6,10-15,17H,4,7-9H2,2H3/b6-5-/t10-,11+,12+,13+,14+,15+/m0/s1. The van der Waals surface area contributed by atoms with Crippen molar-refractivity contribution in [2.75, 3.05) is 0 Å². The highest BCUT2D eigenvalue weighted by atomic mass is 79.9. The number of hydrogen-bond acceptors (Lipinski definition) is 3. The van der Waals surface area contributed by atoms with Crippen molar-refractivity contribution in [1.82, 2.24) is 0 Å². The van der Waals surface area contributed by atoms with Crippen LogP contribution in [0.25, 0.3) is 0 Å². The fourth-order valence-corrected chi connectivity index (χ4v) is 3.69. The minimum Gasteiger partial charge on any atom is -0.390 e. The Morgan fingerprint density at radius 3 is 2.74 bits per heavy atom. The zero-order chi connectivity index (χ0) is 13.8. The van der Waals surface area contributed by atoms with E-state index in [-0.39, 0.29) is 29.2 Å². The van der Waals surface area contributed by atoms with Gasteiger partial charge in [-0.05, 0) is 25.3 Å². The first-order valence-corrected chi connectivity index (χ1v) is 7.81. The SMILES string of the molecule is C#C/C=C\C[C@H]1O[C@@H]2C[C@H]1O[C@H](CC)[C@@H](Br)C[C@H]2O. The maximum absolute atomic E-state index is 10.2. The number of fused-ring (bicyclic) bond motifs is 2. The third-order valence-corrected chi connectivity index (χ3v) is 4.83. The van der Waals surface area contributed by atoms with E-state index in [9.17, 15) is 5.11 Å². The van der Waals surface area contributed by atoms with Gasteiger partial charge in [0.2, 0.25) is 0 Å². The molecule has 0 amide bonds. The average molecular weight is 329 g/mol. The number of allylic oxidation sites excluding steroid dienone is 1. The lowest BCUT2D eigenvalue weighted by atomic mass is 9.97. The van der Waals surface area contributed by atoms with Gasteiger partial charge in [0, 0.05) is 11.2 Å². The Labute approximate surface area is 123 Å². The predicted octanol–water partition coefficient (Wildman–Crippen LogP) is 2.42. The maximum atomic E-state index is 10.2. The molecule has 106 valence electrons.